The topological polar surface area (TPSA) is 38.5 Å². The third-order valence-electron chi connectivity index (χ3n) is 3.10. The fraction of sp³-hybridized carbons (Fsp3) is 1.00. The molecule has 1 heterocycles. The Balaban J connectivity index is 2.18. The predicted octanol–water partition coefficient (Wildman–Crippen LogP) is 0.834. The molecular weight excluding hydrogens is 164 g/mol. The number of likely N-dealkylation sites (tertiary alicyclic amines) is 1. The highest BCUT2D eigenvalue weighted by Crippen LogP contribution is 2.24. The van der Waals surface area contributed by atoms with E-state index in [2.05, 4.69) is 18.7 Å². The van der Waals surface area contributed by atoms with E-state index in [0.717, 1.165) is 32.5 Å². The summed E-state index contributed by atoms with van der Waals surface area (Å²) in [5.41, 5.74) is 6.18. The lowest BCUT2D eigenvalue weighted by molar-refractivity contribution is 0.0209. The van der Waals surface area contributed by atoms with Crippen molar-refractivity contribution in [1.82, 2.24) is 4.90 Å². The van der Waals surface area contributed by atoms with Crippen molar-refractivity contribution >= 4 is 0 Å². The summed E-state index contributed by atoms with van der Waals surface area (Å²) in [6, 6.07) is 0.614. The van der Waals surface area contributed by atoms with Crippen LogP contribution in [-0.2, 0) is 4.74 Å². The number of hydrogen-bond acceptors (Lipinski definition) is 3. The summed E-state index contributed by atoms with van der Waals surface area (Å²) < 4.78 is 5.05. The maximum absolute atomic E-state index is 6.09. The second-order valence-electron chi connectivity index (χ2n) is 4.25. The first kappa shape index (κ1) is 11.0. The third-order valence-corrected chi connectivity index (χ3v) is 3.10. The first-order valence-electron chi connectivity index (χ1n) is 5.13. The van der Waals surface area contributed by atoms with Gasteiger partial charge in [0, 0.05) is 38.4 Å². The van der Waals surface area contributed by atoms with Crippen LogP contribution in [0.4, 0.5) is 0 Å². The minimum Gasteiger partial charge on any atom is -0.385 e. The molecule has 1 unspecified atom stereocenters. The molecule has 0 radical (unpaired) electrons. The Morgan fingerprint density at radius 2 is 2.15 bits per heavy atom. The van der Waals surface area contributed by atoms with Crippen molar-refractivity contribution in [3.05, 3.63) is 0 Å². The quantitative estimate of drug-likeness (QED) is 0.691. The van der Waals surface area contributed by atoms with Crippen molar-refractivity contribution < 1.29 is 4.74 Å². The molecule has 13 heavy (non-hydrogen) atoms. The van der Waals surface area contributed by atoms with Gasteiger partial charge in [0.25, 0.3) is 0 Å². The van der Waals surface area contributed by atoms with Gasteiger partial charge in [0.1, 0.15) is 0 Å². The lowest BCUT2D eigenvalue weighted by atomic mass is 9.86. The number of nitrogens with zero attached hydrogens (tertiary/aromatic N) is 1. The highest BCUT2D eigenvalue weighted by molar-refractivity contribution is 5.00. The Bertz CT molecular complexity index is 155. The molecule has 0 bridgehead atoms. The summed E-state index contributed by atoms with van der Waals surface area (Å²) in [7, 11) is 1.75. The van der Waals surface area contributed by atoms with Crippen LogP contribution in [0.15, 0.2) is 0 Å². The fourth-order valence-corrected chi connectivity index (χ4v) is 1.77. The number of methoxy groups -OCH3 is 1. The van der Waals surface area contributed by atoms with Gasteiger partial charge in [0.2, 0.25) is 0 Å². The Labute approximate surface area is 81.2 Å². The van der Waals surface area contributed by atoms with Gasteiger partial charge in [-0.25, -0.2) is 0 Å². The monoisotopic (exact) mass is 186 g/mol. The van der Waals surface area contributed by atoms with E-state index < -0.39 is 0 Å². The molecule has 78 valence electrons. The van der Waals surface area contributed by atoms with Crippen LogP contribution in [0, 0.1) is 0 Å². The van der Waals surface area contributed by atoms with Gasteiger partial charge in [-0.1, -0.05) is 6.92 Å². The maximum atomic E-state index is 6.09. The van der Waals surface area contributed by atoms with Gasteiger partial charge >= 0.3 is 0 Å². The molecule has 1 rings (SSSR count). The van der Waals surface area contributed by atoms with Crippen LogP contribution in [0.5, 0.6) is 0 Å². The lowest BCUT2D eigenvalue weighted by Gasteiger charge is -2.50. The zero-order valence-electron chi connectivity index (χ0n) is 9.05. The Morgan fingerprint density at radius 1 is 1.54 bits per heavy atom. The zero-order valence-corrected chi connectivity index (χ0v) is 9.05. The van der Waals surface area contributed by atoms with Crippen molar-refractivity contribution in [2.45, 2.75) is 38.3 Å². The first-order chi connectivity index (χ1) is 6.11. The van der Waals surface area contributed by atoms with Crippen molar-refractivity contribution in [3.8, 4) is 0 Å². The van der Waals surface area contributed by atoms with Crippen LogP contribution in [0.1, 0.15) is 26.7 Å². The van der Waals surface area contributed by atoms with Crippen molar-refractivity contribution in [3.63, 3.8) is 0 Å². The summed E-state index contributed by atoms with van der Waals surface area (Å²) in [4.78, 5) is 2.43. The largest absolute Gasteiger partial charge is 0.385 e. The van der Waals surface area contributed by atoms with Crippen LogP contribution in [0.25, 0.3) is 0 Å². The lowest BCUT2D eigenvalue weighted by Crippen LogP contribution is -2.68. The van der Waals surface area contributed by atoms with E-state index in [-0.39, 0.29) is 5.54 Å². The normalized spacial score (nSPS) is 24.0. The average Bonchev–Trinajstić information content (AvgIpc) is 2.09. The maximum Gasteiger partial charge on any atom is 0.0477 e. The number of rotatable bonds is 5. The first-order valence-corrected chi connectivity index (χ1v) is 5.13. The number of hydrogen-bond donors (Lipinski definition) is 1. The third kappa shape index (κ3) is 2.66. The molecule has 1 aliphatic heterocycles. The molecule has 1 aliphatic rings. The molecule has 0 aliphatic carbocycles. The molecule has 3 nitrogen and oxygen atoms in total. The highest BCUT2D eigenvalue weighted by atomic mass is 16.5. The minimum atomic E-state index is 0.0985. The minimum absolute atomic E-state index is 0.0985. The molecule has 2 N–H and O–H groups in total. The number of ether oxygens (including phenoxy) is 1. The SMILES string of the molecule is CCC1(N)CN(C(C)CCOC)C1. The van der Waals surface area contributed by atoms with Gasteiger partial charge in [-0.2, -0.15) is 0 Å². The second-order valence-corrected chi connectivity index (χ2v) is 4.25. The van der Waals surface area contributed by atoms with Crippen LogP contribution in [-0.4, -0.2) is 43.3 Å². The summed E-state index contributed by atoms with van der Waals surface area (Å²) in [6.45, 7) is 7.36. The molecule has 0 aromatic carbocycles. The molecule has 1 fully saturated rings. The highest BCUT2D eigenvalue weighted by Gasteiger charge is 2.39. The molecule has 0 saturated carbocycles. The zero-order chi connectivity index (χ0) is 9.90. The molecule has 3 heteroatoms. The summed E-state index contributed by atoms with van der Waals surface area (Å²) in [6.07, 6.45) is 2.19. The standard InChI is InChI=1S/C10H22N2O/c1-4-10(11)7-12(8-10)9(2)5-6-13-3/h9H,4-8,11H2,1-3H3. The Morgan fingerprint density at radius 3 is 2.62 bits per heavy atom. The van der Waals surface area contributed by atoms with Crippen LogP contribution in [0.2, 0.25) is 0 Å². The average molecular weight is 186 g/mol. The second kappa shape index (κ2) is 4.40. The van der Waals surface area contributed by atoms with Crippen molar-refractivity contribution in [2.24, 2.45) is 5.73 Å². The predicted molar refractivity (Wildman–Crippen MR) is 54.7 cm³/mol. The van der Waals surface area contributed by atoms with E-state index in [9.17, 15) is 0 Å². The molecule has 1 atom stereocenters. The van der Waals surface area contributed by atoms with E-state index in [4.69, 9.17) is 10.5 Å². The van der Waals surface area contributed by atoms with Gasteiger partial charge in [0.05, 0.1) is 0 Å². The molecule has 1 saturated heterocycles. The van der Waals surface area contributed by atoms with E-state index in [1.807, 2.05) is 0 Å². The molecule has 0 aromatic heterocycles. The molecule has 0 spiro atoms. The summed E-state index contributed by atoms with van der Waals surface area (Å²) >= 11 is 0. The van der Waals surface area contributed by atoms with E-state index in [1.54, 1.807) is 7.11 Å². The van der Waals surface area contributed by atoms with Gasteiger partial charge in [-0.05, 0) is 19.8 Å². The van der Waals surface area contributed by atoms with Crippen LogP contribution in [0.3, 0.4) is 0 Å². The fourth-order valence-electron chi connectivity index (χ4n) is 1.77. The molecule has 0 amide bonds. The van der Waals surface area contributed by atoms with Gasteiger partial charge in [-0.3, -0.25) is 4.90 Å². The van der Waals surface area contributed by atoms with Crippen LogP contribution < -0.4 is 5.73 Å². The Hall–Kier alpha value is -0.120. The summed E-state index contributed by atoms with van der Waals surface area (Å²) in [5, 5.41) is 0. The van der Waals surface area contributed by atoms with Gasteiger partial charge in [0.15, 0.2) is 0 Å². The molecule has 0 aromatic rings. The van der Waals surface area contributed by atoms with E-state index >= 15 is 0 Å². The van der Waals surface area contributed by atoms with Gasteiger partial charge < -0.3 is 10.5 Å². The smallest absolute Gasteiger partial charge is 0.0477 e. The van der Waals surface area contributed by atoms with Gasteiger partial charge in [-0.15, -0.1) is 0 Å². The number of nitrogens with two attached hydrogens (primary N) is 1. The summed E-state index contributed by atoms with van der Waals surface area (Å²) in [5.74, 6) is 0. The van der Waals surface area contributed by atoms with Crippen molar-refractivity contribution in [2.75, 3.05) is 26.8 Å². The van der Waals surface area contributed by atoms with E-state index in [1.165, 1.54) is 0 Å². The van der Waals surface area contributed by atoms with Crippen LogP contribution >= 0.6 is 0 Å². The van der Waals surface area contributed by atoms with Crippen molar-refractivity contribution in [1.29, 1.82) is 0 Å². The molecular formula is C10H22N2O. The Kier molecular flexibility index (Phi) is 3.71. The van der Waals surface area contributed by atoms with E-state index in [0.29, 0.717) is 6.04 Å².